The van der Waals surface area contributed by atoms with Crippen molar-refractivity contribution in [3.63, 3.8) is 0 Å². The predicted molar refractivity (Wildman–Crippen MR) is 81.0 cm³/mol. The smallest absolute Gasteiger partial charge is 0.330 e. The van der Waals surface area contributed by atoms with E-state index in [9.17, 15) is 9.59 Å². The van der Waals surface area contributed by atoms with Crippen molar-refractivity contribution in [3.8, 4) is 0 Å². The highest BCUT2D eigenvalue weighted by Crippen LogP contribution is 2.11. The highest BCUT2D eigenvalue weighted by Gasteiger charge is 2.24. The fraction of sp³-hybridized carbons (Fsp3) is 0.636. The summed E-state index contributed by atoms with van der Waals surface area (Å²) in [5.74, 6) is -0.593. The van der Waals surface area contributed by atoms with Gasteiger partial charge in [0, 0.05) is 0 Å². The Morgan fingerprint density at radius 2 is 2.14 bits per heavy atom. The van der Waals surface area contributed by atoms with Crippen molar-refractivity contribution in [3.05, 3.63) is 3.95 Å². The zero-order valence-electron chi connectivity index (χ0n) is 12.2. The van der Waals surface area contributed by atoms with Gasteiger partial charge in [0.05, 0.1) is 19.3 Å². The number of hydrogen-bond donors (Lipinski definition) is 3. The second-order valence-electron chi connectivity index (χ2n) is 5.02. The summed E-state index contributed by atoms with van der Waals surface area (Å²) in [6, 6.07) is -1.51. The number of nitrogens with zero attached hydrogens (tertiary/aromatic N) is 1. The lowest BCUT2D eigenvalue weighted by Crippen LogP contribution is -2.47. The molecule has 0 aliphatic rings. The Hall–Kier alpha value is -1.52. The molecule has 3 N–H and O–H groups in total. The number of amides is 2. The molecule has 10 heteroatoms. The zero-order chi connectivity index (χ0) is 16.0. The van der Waals surface area contributed by atoms with Gasteiger partial charge >= 0.3 is 12.0 Å². The molecule has 1 heterocycles. The fourth-order valence-electron chi connectivity index (χ4n) is 1.22. The molecule has 118 valence electrons. The Labute approximate surface area is 131 Å². The normalized spacial score (nSPS) is 12.6. The summed E-state index contributed by atoms with van der Waals surface area (Å²) in [6.45, 7) is 5.54. The number of anilines is 1. The van der Waals surface area contributed by atoms with Crippen molar-refractivity contribution in [1.82, 2.24) is 15.5 Å². The summed E-state index contributed by atoms with van der Waals surface area (Å²) in [7, 11) is 1.24. The number of aromatic amines is 1. The summed E-state index contributed by atoms with van der Waals surface area (Å²) >= 11 is 5.95. The second kappa shape index (κ2) is 7.48. The van der Waals surface area contributed by atoms with Crippen LogP contribution in [0.4, 0.5) is 9.93 Å². The molecule has 0 aliphatic carbocycles. The minimum atomic E-state index is -0.916. The van der Waals surface area contributed by atoms with E-state index in [4.69, 9.17) is 17.0 Å². The summed E-state index contributed by atoms with van der Waals surface area (Å²) in [4.78, 5) is 23.5. The van der Waals surface area contributed by atoms with Crippen molar-refractivity contribution < 1.29 is 19.1 Å². The van der Waals surface area contributed by atoms with Crippen LogP contribution in [-0.4, -0.2) is 47.6 Å². The van der Waals surface area contributed by atoms with Gasteiger partial charge in [-0.3, -0.25) is 10.4 Å². The largest absolute Gasteiger partial charge is 0.467 e. The Morgan fingerprint density at radius 1 is 1.48 bits per heavy atom. The second-order valence-corrected chi connectivity index (χ2v) is 6.68. The van der Waals surface area contributed by atoms with Gasteiger partial charge in [-0.2, -0.15) is 0 Å². The summed E-state index contributed by atoms with van der Waals surface area (Å²) in [6.07, 6.45) is 0. The van der Waals surface area contributed by atoms with E-state index in [0.29, 0.717) is 9.09 Å². The number of ether oxygens (including phenoxy) is 2. The van der Waals surface area contributed by atoms with Crippen LogP contribution in [0.5, 0.6) is 0 Å². The van der Waals surface area contributed by atoms with Gasteiger partial charge in [-0.25, -0.2) is 9.59 Å². The monoisotopic (exact) mass is 334 g/mol. The van der Waals surface area contributed by atoms with E-state index in [1.54, 1.807) is 0 Å². The van der Waals surface area contributed by atoms with Crippen LogP contribution in [0.25, 0.3) is 0 Å². The number of carbonyl (C=O) groups is 2. The van der Waals surface area contributed by atoms with Crippen LogP contribution in [0, 0.1) is 3.95 Å². The third-order valence-electron chi connectivity index (χ3n) is 2.13. The number of esters is 1. The lowest BCUT2D eigenvalue weighted by Gasteiger charge is -2.23. The average Bonchev–Trinajstić information content (AvgIpc) is 2.77. The third kappa shape index (κ3) is 6.65. The molecule has 0 fully saturated rings. The first kappa shape index (κ1) is 17.5. The van der Waals surface area contributed by atoms with Crippen LogP contribution in [0.15, 0.2) is 0 Å². The molecule has 2 amide bonds. The van der Waals surface area contributed by atoms with Crippen molar-refractivity contribution >= 4 is 40.7 Å². The minimum Gasteiger partial charge on any atom is -0.467 e. The van der Waals surface area contributed by atoms with Crippen LogP contribution in [0.1, 0.15) is 20.8 Å². The van der Waals surface area contributed by atoms with E-state index in [-0.39, 0.29) is 6.61 Å². The fourth-order valence-corrected chi connectivity index (χ4v) is 2.00. The van der Waals surface area contributed by atoms with Crippen LogP contribution < -0.4 is 10.6 Å². The Bertz CT molecular complexity index is 549. The molecule has 0 saturated carbocycles. The van der Waals surface area contributed by atoms with Gasteiger partial charge in [-0.1, -0.05) is 11.3 Å². The average molecular weight is 334 g/mol. The Morgan fingerprint density at radius 3 is 2.62 bits per heavy atom. The standard InChI is InChI=1S/C11H18N4O4S2/c1-11(2,3)19-5-6(7(16)18-4)12-8(17)13-9-14-15-10(20)21-9/h6H,5H2,1-4H3,(H,15,20)(H2,12,13,14,17)/t6-/m0/s1. The molecule has 0 radical (unpaired) electrons. The molecule has 21 heavy (non-hydrogen) atoms. The molecule has 0 spiro atoms. The minimum absolute atomic E-state index is 0.000125. The molecule has 1 atom stereocenters. The van der Waals surface area contributed by atoms with Crippen molar-refractivity contribution in [2.45, 2.75) is 32.4 Å². The van der Waals surface area contributed by atoms with Crippen molar-refractivity contribution in [2.24, 2.45) is 0 Å². The first-order valence-corrected chi connectivity index (χ1v) is 7.28. The topological polar surface area (TPSA) is 105 Å². The van der Waals surface area contributed by atoms with Crippen LogP contribution >= 0.6 is 23.6 Å². The molecule has 1 aromatic rings. The van der Waals surface area contributed by atoms with E-state index < -0.39 is 23.6 Å². The van der Waals surface area contributed by atoms with E-state index in [0.717, 1.165) is 11.3 Å². The van der Waals surface area contributed by atoms with Gasteiger partial charge in [0.15, 0.2) is 10.00 Å². The number of aromatic nitrogens is 2. The number of hydrogen-bond acceptors (Lipinski definition) is 7. The van der Waals surface area contributed by atoms with Crippen molar-refractivity contribution in [1.29, 1.82) is 0 Å². The van der Waals surface area contributed by atoms with E-state index in [1.807, 2.05) is 20.8 Å². The number of H-pyrrole nitrogens is 1. The van der Waals surface area contributed by atoms with Crippen LogP contribution in [0.3, 0.4) is 0 Å². The molecule has 0 aromatic carbocycles. The van der Waals surface area contributed by atoms with Gasteiger partial charge in [-0.15, -0.1) is 5.10 Å². The molecule has 1 aromatic heterocycles. The predicted octanol–water partition coefficient (Wildman–Crippen LogP) is 1.68. The van der Waals surface area contributed by atoms with Crippen LogP contribution in [0.2, 0.25) is 0 Å². The first-order chi connectivity index (χ1) is 9.71. The molecule has 1 rings (SSSR count). The van der Waals surface area contributed by atoms with Gasteiger partial charge in [0.2, 0.25) is 5.13 Å². The number of carbonyl (C=O) groups excluding carboxylic acids is 2. The summed E-state index contributed by atoms with van der Waals surface area (Å²) in [5, 5.41) is 11.6. The Balaban J connectivity index is 2.60. The molecular weight excluding hydrogens is 316 g/mol. The van der Waals surface area contributed by atoms with Gasteiger partial charge < -0.3 is 14.8 Å². The number of rotatable bonds is 5. The highest BCUT2D eigenvalue weighted by molar-refractivity contribution is 7.73. The van der Waals surface area contributed by atoms with Gasteiger partial charge in [-0.05, 0) is 33.0 Å². The molecule has 0 unspecified atom stereocenters. The molecule has 0 bridgehead atoms. The maximum absolute atomic E-state index is 11.8. The van der Waals surface area contributed by atoms with Crippen molar-refractivity contribution in [2.75, 3.05) is 19.0 Å². The maximum Gasteiger partial charge on any atom is 0.330 e. The van der Waals surface area contributed by atoms with E-state index >= 15 is 0 Å². The number of nitrogens with one attached hydrogen (secondary N) is 3. The van der Waals surface area contributed by atoms with Gasteiger partial charge in [0.1, 0.15) is 0 Å². The molecule has 0 saturated heterocycles. The lowest BCUT2D eigenvalue weighted by atomic mass is 10.2. The molecular formula is C11H18N4O4S2. The van der Waals surface area contributed by atoms with Crippen LogP contribution in [-0.2, 0) is 14.3 Å². The SMILES string of the molecule is COC(=O)[C@H](COC(C)(C)C)NC(=O)Nc1n[nH]c(=S)s1. The first-order valence-electron chi connectivity index (χ1n) is 6.06. The van der Waals surface area contributed by atoms with Gasteiger partial charge in [0.25, 0.3) is 0 Å². The number of methoxy groups -OCH3 is 1. The van der Waals surface area contributed by atoms with E-state index in [1.165, 1.54) is 7.11 Å². The third-order valence-corrected chi connectivity index (χ3v) is 3.14. The van der Waals surface area contributed by atoms with E-state index in [2.05, 4.69) is 25.6 Å². The number of urea groups is 1. The zero-order valence-corrected chi connectivity index (χ0v) is 13.8. The maximum atomic E-state index is 11.8. The quantitative estimate of drug-likeness (QED) is 0.559. The summed E-state index contributed by atoms with van der Waals surface area (Å²) in [5.41, 5.74) is -0.439. The molecule has 8 nitrogen and oxygen atoms in total. The molecule has 0 aliphatic heterocycles. The summed E-state index contributed by atoms with van der Waals surface area (Å²) < 4.78 is 10.6. The lowest BCUT2D eigenvalue weighted by molar-refractivity contribution is -0.145. The highest BCUT2D eigenvalue weighted by atomic mass is 32.1. The Kier molecular flexibility index (Phi) is 6.24.